The lowest BCUT2D eigenvalue weighted by Gasteiger charge is -2.32. The molecular weight excluding hydrogens is 361 g/mol. The van der Waals surface area contributed by atoms with E-state index in [0.29, 0.717) is 30.7 Å². The molecule has 0 saturated carbocycles. The number of rotatable bonds is 6. The van der Waals surface area contributed by atoms with Gasteiger partial charge in [0.25, 0.3) is 0 Å². The fourth-order valence-corrected chi connectivity index (χ4v) is 3.96. The molecule has 0 spiro atoms. The molecule has 7 nitrogen and oxygen atoms in total. The van der Waals surface area contributed by atoms with Crippen molar-refractivity contribution in [1.82, 2.24) is 25.7 Å². The van der Waals surface area contributed by atoms with Crippen molar-refractivity contribution in [1.29, 1.82) is 0 Å². The summed E-state index contributed by atoms with van der Waals surface area (Å²) in [7, 11) is 0. The number of nitrogens with zero attached hydrogens (tertiary/aromatic N) is 3. The molecule has 0 aliphatic carbocycles. The maximum absolute atomic E-state index is 13.1. The number of halogens is 1. The van der Waals surface area contributed by atoms with Crippen LogP contribution in [-0.4, -0.2) is 53.2 Å². The molecule has 2 aromatic rings. The molecule has 4 rings (SSSR count). The Bertz CT molecular complexity index is 788. The lowest BCUT2D eigenvalue weighted by molar-refractivity contribution is -0.123. The van der Waals surface area contributed by atoms with Crippen LogP contribution >= 0.6 is 0 Å². The molecule has 150 valence electrons. The maximum atomic E-state index is 13.1. The number of piperidine rings is 1. The van der Waals surface area contributed by atoms with Crippen LogP contribution < -0.4 is 10.6 Å². The van der Waals surface area contributed by atoms with Crippen LogP contribution in [0.4, 0.5) is 4.39 Å². The highest BCUT2D eigenvalue weighted by Crippen LogP contribution is 2.20. The smallest absolute Gasteiger partial charge is 0.241 e. The number of hydrogen-bond donors (Lipinski definition) is 2. The van der Waals surface area contributed by atoms with E-state index in [-0.39, 0.29) is 17.8 Å². The first kappa shape index (κ1) is 19.0. The first-order valence-electron chi connectivity index (χ1n) is 9.99. The molecule has 3 heterocycles. The lowest BCUT2D eigenvalue weighted by atomic mass is 9.98. The Morgan fingerprint density at radius 3 is 2.93 bits per heavy atom. The second-order valence-corrected chi connectivity index (χ2v) is 7.66. The molecular formula is C20H26FN5O2. The van der Waals surface area contributed by atoms with Crippen LogP contribution in [0, 0.1) is 11.7 Å². The molecule has 1 aromatic carbocycles. The topological polar surface area (TPSA) is 83.3 Å². The third-order valence-corrected chi connectivity index (χ3v) is 5.47. The quantitative estimate of drug-likeness (QED) is 0.788. The van der Waals surface area contributed by atoms with Gasteiger partial charge in [-0.3, -0.25) is 9.69 Å². The number of nitrogens with one attached hydrogen (secondary N) is 2. The zero-order valence-electron chi connectivity index (χ0n) is 15.9. The normalized spacial score (nSPS) is 23.0. The number of carbonyl (C=O) groups excluding carboxylic acids is 1. The summed E-state index contributed by atoms with van der Waals surface area (Å²) in [5.41, 5.74) is 0.733. The van der Waals surface area contributed by atoms with E-state index in [4.69, 9.17) is 4.52 Å². The van der Waals surface area contributed by atoms with Crippen LogP contribution in [0.25, 0.3) is 11.4 Å². The van der Waals surface area contributed by atoms with Crippen molar-refractivity contribution in [3.63, 3.8) is 0 Å². The van der Waals surface area contributed by atoms with Gasteiger partial charge < -0.3 is 15.2 Å². The second kappa shape index (κ2) is 8.79. The zero-order chi connectivity index (χ0) is 19.3. The van der Waals surface area contributed by atoms with Gasteiger partial charge >= 0.3 is 0 Å². The number of amides is 1. The van der Waals surface area contributed by atoms with Gasteiger partial charge in [-0.25, -0.2) is 4.39 Å². The first-order chi connectivity index (χ1) is 13.7. The fraction of sp³-hybridized carbons (Fsp3) is 0.550. The van der Waals surface area contributed by atoms with Crippen LogP contribution in [0.1, 0.15) is 31.6 Å². The molecule has 28 heavy (non-hydrogen) atoms. The average molecular weight is 387 g/mol. The number of carbonyl (C=O) groups is 1. The third-order valence-electron chi connectivity index (χ3n) is 5.47. The van der Waals surface area contributed by atoms with E-state index in [9.17, 15) is 9.18 Å². The molecule has 2 saturated heterocycles. The van der Waals surface area contributed by atoms with Gasteiger partial charge in [0, 0.05) is 18.7 Å². The lowest BCUT2D eigenvalue weighted by Crippen LogP contribution is -2.45. The fourth-order valence-electron chi connectivity index (χ4n) is 3.96. The Morgan fingerprint density at radius 2 is 2.14 bits per heavy atom. The van der Waals surface area contributed by atoms with Crippen molar-refractivity contribution in [2.45, 2.75) is 38.3 Å². The van der Waals surface area contributed by atoms with Crippen molar-refractivity contribution in [2.24, 2.45) is 5.92 Å². The molecule has 2 N–H and O–H groups in total. The summed E-state index contributed by atoms with van der Waals surface area (Å²) in [6.45, 7) is 4.09. The molecule has 2 unspecified atom stereocenters. The monoisotopic (exact) mass is 387 g/mol. The van der Waals surface area contributed by atoms with Crippen molar-refractivity contribution in [3.05, 3.63) is 36.0 Å². The van der Waals surface area contributed by atoms with Gasteiger partial charge in [0.2, 0.25) is 17.6 Å². The van der Waals surface area contributed by atoms with Crippen LogP contribution in [0.3, 0.4) is 0 Å². The van der Waals surface area contributed by atoms with Gasteiger partial charge in [0.05, 0.1) is 12.6 Å². The summed E-state index contributed by atoms with van der Waals surface area (Å²) >= 11 is 0. The van der Waals surface area contributed by atoms with Crippen LogP contribution in [0.5, 0.6) is 0 Å². The molecule has 8 heteroatoms. The molecule has 1 aromatic heterocycles. The predicted octanol–water partition coefficient (Wildman–Crippen LogP) is 1.96. The van der Waals surface area contributed by atoms with Gasteiger partial charge in [-0.05, 0) is 69.0 Å². The van der Waals surface area contributed by atoms with Crippen molar-refractivity contribution in [2.75, 3.05) is 26.2 Å². The second-order valence-electron chi connectivity index (χ2n) is 7.66. The van der Waals surface area contributed by atoms with Crippen molar-refractivity contribution < 1.29 is 13.7 Å². The Morgan fingerprint density at radius 1 is 1.29 bits per heavy atom. The van der Waals surface area contributed by atoms with E-state index < -0.39 is 0 Å². The molecule has 2 fully saturated rings. The predicted molar refractivity (Wildman–Crippen MR) is 102 cm³/mol. The molecule has 0 radical (unpaired) electrons. The van der Waals surface area contributed by atoms with Crippen molar-refractivity contribution in [3.8, 4) is 11.4 Å². The molecule has 2 aliphatic rings. The first-order valence-corrected chi connectivity index (χ1v) is 9.99. The Labute approximate surface area is 163 Å². The van der Waals surface area contributed by atoms with Gasteiger partial charge in [-0.1, -0.05) is 5.16 Å². The highest BCUT2D eigenvalue weighted by Gasteiger charge is 2.25. The maximum Gasteiger partial charge on any atom is 0.241 e. The van der Waals surface area contributed by atoms with Gasteiger partial charge in [-0.2, -0.15) is 4.98 Å². The van der Waals surface area contributed by atoms with Gasteiger partial charge in [-0.15, -0.1) is 0 Å². The summed E-state index contributed by atoms with van der Waals surface area (Å²) in [6, 6.07) is 6.03. The number of likely N-dealkylation sites (tertiary alicyclic amines) is 1. The molecule has 0 bridgehead atoms. The van der Waals surface area contributed by atoms with E-state index in [1.54, 1.807) is 12.1 Å². The Kier molecular flexibility index (Phi) is 5.97. The minimum Gasteiger partial charge on any atom is -0.354 e. The van der Waals surface area contributed by atoms with E-state index in [0.717, 1.165) is 50.9 Å². The molecule has 2 aliphatic heterocycles. The van der Waals surface area contributed by atoms with Crippen LogP contribution in [0.2, 0.25) is 0 Å². The van der Waals surface area contributed by atoms with Gasteiger partial charge in [0.15, 0.2) is 0 Å². The van der Waals surface area contributed by atoms with Crippen molar-refractivity contribution >= 4 is 5.91 Å². The number of aromatic nitrogens is 2. The standard InChI is InChI=1S/C20H26FN5O2/c21-16-7-5-15(6-8-16)19-24-18(28-25-19)13-26-10-2-3-14(12-26)11-23-20(27)17-4-1-9-22-17/h5-8,14,17,22H,1-4,9-13H2,(H,23,27). The summed E-state index contributed by atoms with van der Waals surface area (Å²) in [5, 5.41) is 10.3. The Hall–Kier alpha value is -2.32. The summed E-state index contributed by atoms with van der Waals surface area (Å²) in [5.74, 6) is 1.29. The van der Waals surface area contributed by atoms with E-state index >= 15 is 0 Å². The van der Waals surface area contributed by atoms with E-state index in [1.807, 2.05) is 0 Å². The number of hydrogen-bond acceptors (Lipinski definition) is 6. The highest BCUT2D eigenvalue weighted by atomic mass is 19.1. The Balaban J connectivity index is 1.28. The highest BCUT2D eigenvalue weighted by molar-refractivity contribution is 5.81. The van der Waals surface area contributed by atoms with E-state index in [2.05, 4.69) is 25.7 Å². The van der Waals surface area contributed by atoms with E-state index in [1.165, 1.54) is 12.1 Å². The molecule has 2 atom stereocenters. The van der Waals surface area contributed by atoms with Crippen LogP contribution in [-0.2, 0) is 11.3 Å². The number of benzene rings is 1. The third kappa shape index (κ3) is 4.74. The average Bonchev–Trinajstić information content (AvgIpc) is 3.39. The summed E-state index contributed by atoms with van der Waals surface area (Å²) in [6.07, 6.45) is 4.19. The minimum atomic E-state index is -0.289. The summed E-state index contributed by atoms with van der Waals surface area (Å²) in [4.78, 5) is 18.9. The summed E-state index contributed by atoms with van der Waals surface area (Å²) < 4.78 is 18.4. The zero-order valence-corrected chi connectivity index (χ0v) is 15.9. The SMILES string of the molecule is O=C(NCC1CCCN(Cc2nc(-c3ccc(F)cc3)no2)C1)C1CCCN1. The molecule has 1 amide bonds. The minimum absolute atomic E-state index is 0.0250. The largest absolute Gasteiger partial charge is 0.354 e. The van der Waals surface area contributed by atoms with Gasteiger partial charge in [0.1, 0.15) is 5.82 Å². The van der Waals surface area contributed by atoms with Crippen LogP contribution in [0.15, 0.2) is 28.8 Å².